The Morgan fingerprint density at radius 1 is 1.00 bits per heavy atom. The quantitative estimate of drug-likeness (QED) is 0.877. The summed E-state index contributed by atoms with van der Waals surface area (Å²) >= 11 is 0. The highest BCUT2D eigenvalue weighted by molar-refractivity contribution is 5.46. The van der Waals surface area contributed by atoms with Gasteiger partial charge in [0, 0.05) is 37.9 Å². The second-order valence-corrected chi connectivity index (χ2v) is 5.50. The Labute approximate surface area is 110 Å². The van der Waals surface area contributed by atoms with Crippen LogP contribution in [-0.4, -0.2) is 43.7 Å². The van der Waals surface area contributed by atoms with Crippen LogP contribution in [0.5, 0.6) is 0 Å². The highest BCUT2D eigenvalue weighted by atomic mass is 15.3. The first-order chi connectivity index (χ1) is 8.88. The summed E-state index contributed by atoms with van der Waals surface area (Å²) in [4.78, 5) is 5.15. The van der Waals surface area contributed by atoms with Gasteiger partial charge in [0.1, 0.15) is 0 Å². The van der Waals surface area contributed by atoms with E-state index in [1.165, 1.54) is 31.6 Å². The van der Waals surface area contributed by atoms with Crippen LogP contribution in [0.3, 0.4) is 0 Å². The molecular formula is C15H23N3. The zero-order valence-electron chi connectivity index (χ0n) is 11.0. The number of piperazine rings is 1. The van der Waals surface area contributed by atoms with Gasteiger partial charge in [-0.25, -0.2) is 0 Å². The number of hydrogen-bond acceptors (Lipinski definition) is 3. The Morgan fingerprint density at radius 2 is 1.72 bits per heavy atom. The lowest BCUT2D eigenvalue weighted by atomic mass is 9.78. The van der Waals surface area contributed by atoms with E-state index in [2.05, 4.69) is 40.1 Å². The highest BCUT2D eigenvalue weighted by Gasteiger charge is 2.35. The first kappa shape index (κ1) is 12.0. The van der Waals surface area contributed by atoms with Gasteiger partial charge in [-0.1, -0.05) is 18.2 Å². The largest absolute Gasteiger partial charge is 0.369 e. The number of benzene rings is 1. The van der Waals surface area contributed by atoms with Crippen LogP contribution in [0, 0.1) is 5.92 Å². The van der Waals surface area contributed by atoms with Crippen LogP contribution < -0.4 is 10.6 Å². The first-order valence-electron chi connectivity index (χ1n) is 7.12. The topological polar surface area (TPSA) is 32.5 Å². The molecule has 3 rings (SSSR count). The molecule has 2 aliphatic rings. The Hall–Kier alpha value is -1.06. The normalized spacial score (nSPS) is 29.1. The monoisotopic (exact) mass is 245 g/mol. The molecule has 1 aromatic rings. The zero-order chi connectivity index (χ0) is 12.4. The maximum absolute atomic E-state index is 5.81. The van der Waals surface area contributed by atoms with Crippen molar-refractivity contribution in [2.24, 2.45) is 11.7 Å². The number of rotatable bonds is 3. The minimum Gasteiger partial charge on any atom is -0.369 e. The molecule has 1 aromatic carbocycles. The molecule has 2 atom stereocenters. The van der Waals surface area contributed by atoms with Crippen LogP contribution in [-0.2, 0) is 0 Å². The lowest BCUT2D eigenvalue weighted by Gasteiger charge is -2.47. The van der Waals surface area contributed by atoms with E-state index in [4.69, 9.17) is 5.73 Å². The average molecular weight is 245 g/mol. The van der Waals surface area contributed by atoms with Crippen molar-refractivity contribution in [2.45, 2.75) is 18.9 Å². The van der Waals surface area contributed by atoms with Gasteiger partial charge in [-0.3, -0.25) is 4.90 Å². The van der Waals surface area contributed by atoms with E-state index in [0.717, 1.165) is 31.6 Å². The lowest BCUT2D eigenvalue weighted by Crippen LogP contribution is -2.56. The number of para-hydroxylation sites is 1. The maximum Gasteiger partial charge on any atom is 0.0367 e. The van der Waals surface area contributed by atoms with Crippen molar-refractivity contribution in [2.75, 3.05) is 37.6 Å². The van der Waals surface area contributed by atoms with E-state index in [-0.39, 0.29) is 0 Å². The molecule has 1 aliphatic heterocycles. The SMILES string of the molecule is NCC1CCC1N1CCN(c2ccccc2)CC1. The molecule has 98 valence electrons. The fourth-order valence-electron chi connectivity index (χ4n) is 3.26. The molecule has 1 aliphatic carbocycles. The molecule has 3 nitrogen and oxygen atoms in total. The third-order valence-electron chi connectivity index (χ3n) is 4.58. The van der Waals surface area contributed by atoms with Crippen molar-refractivity contribution in [1.29, 1.82) is 0 Å². The van der Waals surface area contributed by atoms with Gasteiger partial charge in [-0.15, -0.1) is 0 Å². The summed E-state index contributed by atoms with van der Waals surface area (Å²) in [6.45, 7) is 5.55. The molecule has 0 radical (unpaired) electrons. The molecule has 1 saturated carbocycles. The van der Waals surface area contributed by atoms with Gasteiger partial charge in [0.15, 0.2) is 0 Å². The van der Waals surface area contributed by atoms with E-state index in [1.807, 2.05) is 0 Å². The summed E-state index contributed by atoms with van der Waals surface area (Å²) in [7, 11) is 0. The smallest absolute Gasteiger partial charge is 0.0367 e. The molecule has 0 bridgehead atoms. The molecule has 1 heterocycles. The van der Waals surface area contributed by atoms with E-state index in [9.17, 15) is 0 Å². The van der Waals surface area contributed by atoms with Crippen molar-refractivity contribution < 1.29 is 0 Å². The molecular weight excluding hydrogens is 222 g/mol. The van der Waals surface area contributed by atoms with Crippen LogP contribution in [0.1, 0.15) is 12.8 Å². The van der Waals surface area contributed by atoms with E-state index in [0.29, 0.717) is 0 Å². The van der Waals surface area contributed by atoms with Gasteiger partial charge in [-0.05, 0) is 37.4 Å². The summed E-state index contributed by atoms with van der Waals surface area (Å²) in [6, 6.07) is 11.5. The summed E-state index contributed by atoms with van der Waals surface area (Å²) < 4.78 is 0. The third-order valence-corrected chi connectivity index (χ3v) is 4.58. The van der Waals surface area contributed by atoms with E-state index < -0.39 is 0 Å². The van der Waals surface area contributed by atoms with Gasteiger partial charge in [-0.2, -0.15) is 0 Å². The molecule has 2 N–H and O–H groups in total. The van der Waals surface area contributed by atoms with Crippen LogP contribution >= 0.6 is 0 Å². The maximum atomic E-state index is 5.81. The number of nitrogens with zero attached hydrogens (tertiary/aromatic N) is 2. The summed E-state index contributed by atoms with van der Waals surface area (Å²) in [5, 5.41) is 0. The van der Waals surface area contributed by atoms with Crippen molar-refractivity contribution in [1.82, 2.24) is 4.90 Å². The van der Waals surface area contributed by atoms with Gasteiger partial charge in [0.05, 0.1) is 0 Å². The van der Waals surface area contributed by atoms with Crippen LogP contribution in [0.4, 0.5) is 5.69 Å². The second-order valence-electron chi connectivity index (χ2n) is 5.50. The molecule has 0 amide bonds. The van der Waals surface area contributed by atoms with E-state index in [1.54, 1.807) is 0 Å². The third kappa shape index (κ3) is 2.25. The average Bonchev–Trinajstić information content (AvgIpc) is 2.40. The number of anilines is 1. The Bertz CT molecular complexity index is 369. The lowest BCUT2D eigenvalue weighted by molar-refractivity contribution is 0.0619. The van der Waals surface area contributed by atoms with Crippen molar-refractivity contribution in [3.63, 3.8) is 0 Å². The molecule has 0 aromatic heterocycles. The first-order valence-corrected chi connectivity index (χ1v) is 7.12. The summed E-state index contributed by atoms with van der Waals surface area (Å²) in [5.74, 6) is 0.758. The number of nitrogens with two attached hydrogens (primary N) is 1. The van der Waals surface area contributed by atoms with Crippen LogP contribution in [0.15, 0.2) is 30.3 Å². The van der Waals surface area contributed by atoms with Crippen LogP contribution in [0.25, 0.3) is 0 Å². The number of hydrogen-bond donors (Lipinski definition) is 1. The fraction of sp³-hybridized carbons (Fsp3) is 0.600. The molecule has 0 spiro atoms. The predicted octanol–water partition coefficient (Wildman–Crippen LogP) is 1.55. The summed E-state index contributed by atoms with van der Waals surface area (Å²) in [6.07, 6.45) is 2.69. The fourth-order valence-corrected chi connectivity index (χ4v) is 3.26. The van der Waals surface area contributed by atoms with Crippen LogP contribution in [0.2, 0.25) is 0 Å². The summed E-state index contributed by atoms with van der Waals surface area (Å²) in [5.41, 5.74) is 7.17. The molecule has 2 unspecified atom stereocenters. The minimum atomic E-state index is 0.758. The molecule has 1 saturated heterocycles. The minimum absolute atomic E-state index is 0.758. The van der Waals surface area contributed by atoms with Gasteiger partial charge >= 0.3 is 0 Å². The van der Waals surface area contributed by atoms with E-state index >= 15 is 0 Å². The van der Waals surface area contributed by atoms with Crippen molar-refractivity contribution in [3.8, 4) is 0 Å². The highest BCUT2D eigenvalue weighted by Crippen LogP contribution is 2.32. The Kier molecular flexibility index (Phi) is 3.52. The molecule has 3 heteroatoms. The van der Waals surface area contributed by atoms with Gasteiger partial charge in [0.25, 0.3) is 0 Å². The zero-order valence-corrected chi connectivity index (χ0v) is 11.0. The molecule has 2 fully saturated rings. The van der Waals surface area contributed by atoms with Crippen molar-refractivity contribution in [3.05, 3.63) is 30.3 Å². The second kappa shape index (κ2) is 5.29. The Morgan fingerprint density at radius 3 is 2.28 bits per heavy atom. The van der Waals surface area contributed by atoms with Gasteiger partial charge in [0.2, 0.25) is 0 Å². The Balaban J connectivity index is 1.55. The van der Waals surface area contributed by atoms with Gasteiger partial charge < -0.3 is 10.6 Å². The predicted molar refractivity (Wildman–Crippen MR) is 75.8 cm³/mol. The van der Waals surface area contributed by atoms with Crippen molar-refractivity contribution >= 4 is 5.69 Å². The standard InChI is InChI=1S/C15H23N3/c16-12-13-6-7-15(13)18-10-8-17(9-11-18)14-4-2-1-3-5-14/h1-5,13,15H,6-12,16H2. The molecule has 18 heavy (non-hydrogen) atoms.